The molecule has 2 heterocycles. The monoisotopic (exact) mass is 482 g/mol. The van der Waals surface area contributed by atoms with Crippen LogP contribution in [0.4, 0.5) is 4.39 Å². The molecule has 0 aliphatic rings. The predicted octanol–water partition coefficient (Wildman–Crippen LogP) is 5.47. The summed E-state index contributed by atoms with van der Waals surface area (Å²) < 4.78 is 22.1. The Morgan fingerprint density at radius 3 is 1.96 bits per heavy atom. The number of halogens is 1. The molecule has 2 aromatic heterocycles. The number of rotatable bonds is 11. The van der Waals surface area contributed by atoms with Crippen LogP contribution in [-0.2, 0) is 0 Å². The van der Waals surface area contributed by atoms with Gasteiger partial charge in [-0.05, 0) is 0 Å². The number of hydrogen-bond acceptors (Lipinski definition) is 3. The Kier molecular flexibility index (Phi) is 8.70. The van der Waals surface area contributed by atoms with Gasteiger partial charge in [-0.25, -0.2) is 0 Å². The van der Waals surface area contributed by atoms with E-state index in [0.29, 0.717) is 17.5 Å². The number of pyridine rings is 1. The van der Waals surface area contributed by atoms with Crippen molar-refractivity contribution in [1.29, 1.82) is 0 Å². The first kappa shape index (κ1) is 22.3. The van der Waals surface area contributed by atoms with E-state index >= 15 is 4.39 Å². The van der Waals surface area contributed by atoms with Crippen LogP contribution < -0.4 is 3.58 Å². The van der Waals surface area contributed by atoms with Crippen LogP contribution >= 0.6 is 0 Å². The van der Waals surface area contributed by atoms with E-state index in [9.17, 15) is 0 Å². The molecule has 6 heteroatoms. The number of unbranched alkanes of at least 4 members (excludes halogenated alkanes) is 3. The molecular weight excluding hydrogens is 446 g/mol. The molecule has 0 atom stereocenters. The number of hydrogen-bond donors (Lipinski definition) is 0. The molecule has 4 nitrogen and oxygen atoms in total. The molecule has 0 aliphatic carbocycles. The average molecular weight is 481 g/mol. The van der Waals surface area contributed by atoms with Gasteiger partial charge in [-0.1, -0.05) is 0 Å². The van der Waals surface area contributed by atoms with Gasteiger partial charge in [-0.2, -0.15) is 0 Å². The van der Waals surface area contributed by atoms with Gasteiger partial charge in [0.25, 0.3) is 0 Å². The zero-order valence-corrected chi connectivity index (χ0v) is 20.5. The summed E-state index contributed by atoms with van der Waals surface area (Å²) >= 11 is -2.86. The van der Waals surface area contributed by atoms with E-state index in [0.717, 1.165) is 3.58 Å². The van der Waals surface area contributed by atoms with Gasteiger partial charge in [0.1, 0.15) is 0 Å². The van der Waals surface area contributed by atoms with E-state index in [1.165, 1.54) is 51.8 Å². The fourth-order valence-electron chi connectivity index (χ4n) is 4.04. The van der Waals surface area contributed by atoms with E-state index < -0.39 is 18.4 Å². The molecule has 0 fully saturated rings. The Morgan fingerprint density at radius 1 is 0.963 bits per heavy atom. The molecule has 0 unspecified atom stereocenters. The van der Waals surface area contributed by atoms with Crippen LogP contribution in [0.1, 0.15) is 70.9 Å². The molecule has 2 aromatic rings. The van der Waals surface area contributed by atoms with Crippen molar-refractivity contribution in [2.24, 2.45) is 0 Å². The number of nitrogens with zero attached hydrogens (tertiary/aromatic N) is 4. The van der Waals surface area contributed by atoms with Crippen molar-refractivity contribution in [3.63, 3.8) is 0 Å². The van der Waals surface area contributed by atoms with Crippen LogP contribution in [0, 0.1) is 19.7 Å². The Hall–Kier alpha value is -0.981. The molecular formula is C21H35FN4Sn. The zero-order chi connectivity index (χ0) is 19.9. The first-order valence-electron chi connectivity index (χ1n) is 10.5. The van der Waals surface area contributed by atoms with Gasteiger partial charge in [0.05, 0.1) is 0 Å². The second-order valence-corrected chi connectivity index (χ2v) is 20.8. The summed E-state index contributed by atoms with van der Waals surface area (Å²) in [6, 6.07) is 2.00. The topological polar surface area (TPSA) is 43.6 Å². The average Bonchev–Trinajstić information content (AvgIpc) is 3.00. The first-order chi connectivity index (χ1) is 13.0. The molecule has 0 radical (unpaired) electrons. The van der Waals surface area contributed by atoms with Gasteiger partial charge in [-0.3, -0.25) is 0 Å². The third kappa shape index (κ3) is 5.30. The Morgan fingerprint density at radius 2 is 1.52 bits per heavy atom. The van der Waals surface area contributed by atoms with Crippen LogP contribution in [-0.4, -0.2) is 38.1 Å². The van der Waals surface area contributed by atoms with E-state index in [1.807, 2.05) is 19.9 Å². The van der Waals surface area contributed by atoms with Gasteiger partial charge < -0.3 is 0 Å². The number of aryl methyl sites for hydroxylation is 2. The summed E-state index contributed by atoms with van der Waals surface area (Å²) in [7, 11) is 0. The van der Waals surface area contributed by atoms with E-state index in [4.69, 9.17) is 0 Å². The molecule has 2 rings (SSSR count). The van der Waals surface area contributed by atoms with E-state index in [1.54, 1.807) is 10.9 Å². The molecule has 0 N–H and O–H groups in total. The summed E-state index contributed by atoms with van der Waals surface area (Å²) in [5.41, 5.74) is 0. The maximum absolute atomic E-state index is 15.8. The fraction of sp³-hybridized carbons (Fsp3) is 0.667. The molecule has 0 amide bonds. The number of aromatic nitrogens is 4. The minimum absolute atomic E-state index is 0.135. The molecule has 0 aromatic carbocycles. The van der Waals surface area contributed by atoms with Crippen molar-refractivity contribution in [3.8, 4) is 5.82 Å². The van der Waals surface area contributed by atoms with Crippen molar-refractivity contribution in [2.45, 2.75) is 86.5 Å². The van der Waals surface area contributed by atoms with Crippen molar-refractivity contribution in [1.82, 2.24) is 19.7 Å². The quantitative estimate of drug-likeness (QED) is 0.400. The van der Waals surface area contributed by atoms with Crippen LogP contribution in [0.2, 0.25) is 13.3 Å². The normalized spacial score (nSPS) is 11.9. The van der Waals surface area contributed by atoms with Gasteiger partial charge >= 0.3 is 168 Å². The summed E-state index contributed by atoms with van der Waals surface area (Å²) in [5, 5.41) is 4.38. The first-order valence-corrected chi connectivity index (χ1v) is 18.0. The summed E-state index contributed by atoms with van der Waals surface area (Å²) in [6.07, 6.45) is 8.96. The predicted molar refractivity (Wildman–Crippen MR) is 113 cm³/mol. The zero-order valence-electron chi connectivity index (χ0n) is 17.7. The summed E-state index contributed by atoms with van der Waals surface area (Å²) in [6.45, 7) is 10.4. The van der Waals surface area contributed by atoms with E-state index in [2.05, 4.69) is 35.8 Å². The third-order valence-electron chi connectivity index (χ3n) is 5.54. The SMILES string of the molecule is CCC[CH2][Sn]([CH2]CCC)([CH2]CCC)[c]1ccnc(-n2nc(C)nc2C)c1F. The molecule has 0 saturated heterocycles. The van der Waals surface area contributed by atoms with Crippen molar-refractivity contribution in [3.05, 3.63) is 29.7 Å². The van der Waals surface area contributed by atoms with Gasteiger partial charge in [0.15, 0.2) is 0 Å². The van der Waals surface area contributed by atoms with Crippen molar-refractivity contribution in [2.75, 3.05) is 0 Å². The molecule has 0 spiro atoms. The van der Waals surface area contributed by atoms with Crippen molar-refractivity contribution < 1.29 is 4.39 Å². The Balaban J connectivity index is 2.56. The van der Waals surface area contributed by atoms with Gasteiger partial charge in [0, 0.05) is 0 Å². The molecule has 0 saturated carbocycles. The van der Waals surface area contributed by atoms with Gasteiger partial charge in [0.2, 0.25) is 0 Å². The molecule has 150 valence electrons. The minimum atomic E-state index is -2.86. The second-order valence-electron chi connectivity index (χ2n) is 7.71. The van der Waals surface area contributed by atoms with Crippen LogP contribution in [0.3, 0.4) is 0 Å². The molecule has 0 bridgehead atoms. The molecule has 0 aliphatic heterocycles. The second kappa shape index (κ2) is 10.5. The van der Waals surface area contributed by atoms with Crippen LogP contribution in [0.25, 0.3) is 5.82 Å². The third-order valence-corrected chi connectivity index (χ3v) is 21.1. The van der Waals surface area contributed by atoms with Crippen LogP contribution in [0.15, 0.2) is 12.3 Å². The maximum atomic E-state index is 15.8. The van der Waals surface area contributed by atoms with Gasteiger partial charge in [-0.15, -0.1) is 0 Å². The van der Waals surface area contributed by atoms with Crippen LogP contribution in [0.5, 0.6) is 0 Å². The standard InChI is InChI=1S/C9H8FN4.3C4H9.Sn/c1-6-12-7(2)14(13-6)9-8(10)4-3-5-11-9;3*1-3-4-2;/h3,5H,1-2H3;3*1,3-4H2,2H3;. The van der Waals surface area contributed by atoms with E-state index in [-0.39, 0.29) is 5.82 Å². The summed E-state index contributed by atoms with van der Waals surface area (Å²) in [4.78, 5) is 8.69. The molecule has 27 heavy (non-hydrogen) atoms. The summed E-state index contributed by atoms with van der Waals surface area (Å²) in [5.74, 6) is 1.53. The van der Waals surface area contributed by atoms with Crippen molar-refractivity contribution >= 4 is 22.0 Å². The fourth-order valence-corrected chi connectivity index (χ4v) is 20.2. The Labute approximate surface area is 167 Å². The Bertz CT molecular complexity index is 707.